The Labute approximate surface area is 234 Å². The summed E-state index contributed by atoms with van der Waals surface area (Å²) in [6.45, 7) is 2.67. The maximum absolute atomic E-state index is 13.8. The summed E-state index contributed by atoms with van der Waals surface area (Å²) in [5, 5.41) is 0.563. The number of benzene rings is 3. The summed E-state index contributed by atoms with van der Waals surface area (Å²) in [7, 11) is -1.59. The molecule has 0 unspecified atom stereocenters. The summed E-state index contributed by atoms with van der Waals surface area (Å²) in [5.74, 6) is 0.499. The van der Waals surface area contributed by atoms with Gasteiger partial charge in [-0.05, 0) is 60.2 Å². The van der Waals surface area contributed by atoms with Gasteiger partial charge in [0.2, 0.25) is 0 Å². The maximum Gasteiger partial charge on any atom is 0.259 e. The van der Waals surface area contributed by atoms with Crippen LogP contribution in [0.15, 0.2) is 101 Å². The van der Waals surface area contributed by atoms with Gasteiger partial charge in [-0.2, -0.15) is 0 Å². The number of pyridine rings is 1. The van der Waals surface area contributed by atoms with E-state index in [0.717, 1.165) is 11.4 Å². The Morgan fingerprint density at radius 3 is 2.44 bits per heavy atom. The molecular weight excluding hydrogens is 532 g/mol. The second-order valence-electron chi connectivity index (χ2n) is 9.44. The molecule has 196 valence electrons. The van der Waals surface area contributed by atoms with E-state index >= 15 is 0 Å². The van der Waals surface area contributed by atoms with Crippen LogP contribution in [0.1, 0.15) is 26.3 Å². The van der Waals surface area contributed by atoms with Crippen LogP contribution >= 0.6 is 11.6 Å². The van der Waals surface area contributed by atoms with Crippen LogP contribution in [0.5, 0.6) is 0 Å². The molecule has 2 amide bonds. The van der Waals surface area contributed by atoms with Crippen LogP contribution in [0.2, 0.25) is 5.02 Å². The first kappa shape index (κ1) is 25.3. The minimum atomic E-state index is -1.59. The van der Waals surface area contributed by atoms with Gasteiger partial charge < -0.3 is 14.7 Å². The number of fused-ring (bicyclic) bond motifs is 2. The Bertz CT molecular complexity index is 1590. The Hall–Kier alpha value is -4.01. The van der Waals surface area contributed by atoms with Gasteiger partial charge in [-0.25, -0.2) is 9.19 Å². The third-order valence-corrected chi connectivity index (χ3v) is 8.76. The van der Waals surface area contributed by atoms with Crippen LogP contribution in [0, 0.1) is 0 Å². The van der Waals surface area contributed by atoms with Gasteiger partial charge >= 0.3 is 0 Å². The molecule has 0 N–H and O–H groups in total. The molecule has 1 saturated heterocycles. The molecule has 3 heterocycles. The summed E-state index contributed by atoms with van der Waals surface area (Å²) < 4.78 is 13.7. The number of carbonyl (C=O) groups is 2. The monoisotopic (exact) mass is 556 g/mol. The highest BCUT2D eigenvalue weighted by molar-refractivity contribution is 7.85. The van der Waals surface area contributed by atoms with Gasteiger partial charge in [0, 0.05) is 43.0 Å². The van der Waals surface area contributed by atoms with Gasteiger partial charge in [0.25, 0.3) is 11.8 Å². The fourth-order valence-corrected chi connectivity index (χ4v) is 6.59. The van der Waals surface area contributed by atoms with Gasteiger partial charge in [-0.1, -0.05) is 41.9 Å². The van der Waals surface area contributed by atoms with Crippen molar-refractivity contribution in [3.05, 3.63) is 113 Å². The molecule has 39 heavy (non-hydrogen) atoms. The molecule has 2 aliphatic heterocycles. The number of aromatic nitrogens is 1. The van der Waals surface area contributed by atoms with Gasteiger partial charge in [-0.3, -0.25) is 9.59 Å². The van der Waals surface area contributed by atoms with Gasteiger partial charge in [0.05, 0.1) is 38.4 Å². The fraction of sp³-hybridized carbons (Fsp3) is 0.167. The molecule has 0 bridgehead atoms. The Morgan fingerprint density at radius 1 is 0.872 bits per heavy atom. The van der Waals surface area contributed by atoms with E-state index in [1.54, 1.807) is 65.7 Å². The zero-order valence-electron chi connectivity index (χ0n) is 21.0. The van der Waals surface area contributed by atoms with Crippen molar-refractivity contribution in [1.29, 1.82) is 0 Å². The molecule has 0 aliphatic carbocycles. The number of hydrogen-bond donors (Lipinski definition) is 0. The molecule has 4 aromatic rings. The quantitative estimate of drug-likeness (QED) is 0.353. The van der Waals surface area contributed by atoms with Crippen molar-refractivity contribution >= 4 is 45.7 Å². The van der Waals surface area contributed by atoms with Crippen molar-refractivity contribution in [2.24, 2.45) is 0 Å². The van der Waals surface area contributed by atoms with E-state index < -0.39 is 10.8 Å². The zero-order chi connectivity index (χ0) is 26.9. The summed E-state index contributed by atoms with van der Waals surface area (Å²) in [5.41, 5.74) is 2.13. The predicted molar refractivity (Wildman–Crippen MR) is 152 cm³/mol. The van der Waals surface area contributed by atoms with E-state index in [1.165, 1.54) is 0 Å². The van der Waals surface area contributed by atoms with Crippen LogP contribution in [-0.2, 0) is 17.3 Å². The Balaban J connectivity index is 1.33. The predicted octanol–water partition coefficient (Wildman–Crippen LogP) is 5.02. The van der Waals surface area contributed by atoms with Gasteiger partial charge in [0.15, 0.2) is 0 Å². The van der Waals surface area contributed by atoms with Crippen molar-refractivity contribution in [2.45, 2.75) is 16.3 Å². The highest BCUT2D eigenvalue weighted by atomic mass is 35.5. The van der Waals surface area contributed by atoms with Gasteiger partial charge in [0.1, 0.15) is 5.82 Å². The number of rotatable bonds is 4. The number of halogens is 1. The van der Waals surface area contributed by atoms with E-state index in [4.69, 9.17) is 11.6 Å². The SMILES string of the molecule is O=C(c1ccc2c(c1)N(Cc1cccc(Cl)c1)C(=O)c1ccccc1[S@]2=O)N1CCN(c2ccccn2)CC1. The molecule has 1 fully saturated rings. The third-order valence-electron chi connectivity index (χ3n) is 7.03. The first-order chi connectivity index (χ1) is 19.0. The van der Waals surface area contributed by atoms with Crippen LogP contribution in [0.25, 0.3) is 0 Å². The van der Waals surface area contributed by atoms with Crippen molar-refractivity contribution < 1.29 is 13.8 Å². The van der Waals surface area contributed by atoms with Crippen molar-refractivity contribution in [1.82, 2.24) is 9.88 Å². The average Bonchev–Trinajstić information content (AvgIpc) is 3.06. The molecule has 6 rings (SSSR count). The minimum absolute atomic E-state index is 0.124. The van der Waals surface area contributed by atoms with Crippen molar-refractivity contribution in [2.75, 3.05) is 36.0 Å². The standard InChI is InChI=1S/C30H25ClN4O3S/c31-23-7-5-6-21(18-23)20-35-25-19-22(11-12-27(25)39(38)26-9-2-1-8-24(26)30(35)37)29(36)34-16-14-33(15-17-34)28-10-3-4-13-32-28/h1-13,18-19H,14-17,20H2/t39-/m1/s1. The van der Waals surface area contributed by atoms with Crippen LogP contribution in [0.3, 0.4) is 0 Å². The van der Waals surface area contributed by atoms with E-state index in [-0.39, 0.29) is 18.4 Å². The molecule has 0 radical (unpaired) electrons. The van der Waals surface area contributed by atoms with E-state index in [2.05, 4.69) is 9.88 Å². The summed E-state index contributed by atoms with van der Waals surface area (Å²) in [6, 6.07) is 25.2. The molecule has 1 atom stereocenters. The number of carbonyl (C=O) groups excluding carboxylic acids is 2. The number of hydrogen-bond acceptors (Lipinski definition) is 5. The van der Waals surface area contributed by atoms with E-state index in [9.17, 15) is 13.8 Å². The highest BCUT2D eigenvalue weighted by Gasteiger charge is 2.32. The second kappa shape index (κ2) is 10.6. The number of amides is 2. The van der Waals surface area contributed by atoms with E-state index in [0.29, 0.717) is 57.8 Å². The number of piperazine rings is 1. The lowest BCUT2D eigenvalue weighted by Gasteiger charge is -2.35. The Kier molecular flexibility index (Phi) is 6.89. The fourth-order valence-electron chi connectivity index (χ4n) is 5.03. The highest BCUT2D eigenvalue weighted by Crippen LogP contribution is 2.36. The largest absolute Gasteiger partial charge is 0.353 e. The normalized spacial score (nSPS) is 16.9. The summed E-state index contributed by atoms with van der Waals surface area (Å²) >= 11 is 6.23. The lowest BCUT2D eigenvalue weighted by Crippen LogP contribution is -2.49. The Morgan fingerprint density at radius 2 is 1.67 bits per heavy atom. The van der Waals surface area contributed by atoms with Crippen LogP contribution < -0.4 is 9.80 Å². The topological polar surface area (TPSA) is 73.8 Å². The van der Waals surface area contributed by atoms with Crippen molar-refractivity contribution in [3.8, 4) is 0 Å². The lowest BCUT2D eigenvalue weighted by molar-refractivity contribution is 0.0746. The summed E-state index contributed by atoms with van der Waals surface area (Å²) in [6.07, 6.45) is 1.77. The zero-order valence-corrected chi connectivity index (χ0v) is 22.6. The molecular formula is C30H25ClN4O3S. The minimum Gasteiger partial charge on any atom is -0.353 e. The van der Waals surface area contributed by atoms with Crippen molar-refractivity contribution in [3.63, 3.8) is 0 Å². The van der Waals surface area contributed by atoms with Crippen LogP contribution in [-0.4, -0.2) is 52.1 Å². The van der Waals surface area contributed by atoms with Crippen LogP contribution in [0.4, 0.5) is 11.5 Å². The summed E-state index contributed by atoms with van der Waals surface area (Å²) in [4.78, 5) is 38.4. The lowest BCUT2D eigenvalue weighted by atomic mass is 10.1. The first-order valence-corrected chi connectivity index (χ1v) is 14.2. The molecule has 0 spiro atoms. The third kappa shape index (κ3) is 4.93. The molecule has 9 heteroatoms. The smallest absolute Gasteiger partial charge is 0.259 e. The van der Waals surface area contributed by atoms with E-state index in [1.807, 2.05) is 35.2 Å². The molecule has 2 aliphatic rings. The second-order valence-corrected chi connectivity index (χ2v) is 11.3. The number of anilines is 2. The maximum atomic E-state index is 13.8. The molecule has 7 nitrogen and oxygen atoms in total. The molecule has 1 aromatic heterocycles. The molecule has 3 aromatic carbocycles. The average molecular weight is 557 g/mol. The molecule has 0 saturated carbocycles. The van der Waals surface area contributed by atoms with Gasteiger partial charge in [-0.15, -0.1) is 0 Å². The number of nitrogens with zero attached hydrogens (tertiary/aromatic N) is 4. The first-order valence-electron chi connectivity index (χ1n) is 12.7.